The summed E-state index contributed by atoms with van der Waals surface area (Å²) in [6, 6.07) is -0.553. The van der Waals surface area contributed by atoms with Crippen LogP contribution in [0.25, 0.3) is 0 Å². The number of alkyl carbamates (subject to hydrolysis) is 1. The van der Waals surface area contributed by atoms with Crippen LogP contribution in [0, 0.1) is 5.92 Å². The van der Waals surface area contributed by atoms with Gasteiger partial charge in [0, 0.05) is 1.43 Å². The van der Waals surface area contributed by atoms with Crippen molar-refractivity contribution < 1.29 is 20.5 Å². The second-order valence-corrected chi connectivity index (χ2v) is 6.71. The SMILES string of the molecule is CC(C)C[C@H](NC(=O)OC(C)(C)C)C(=O)[C@]1(C)CO1.[HH]. The van der Waals surface area contributed by atoms with Gasteiger partial charge in [-0.15, -0.1) is 0 Å². The standard InChI is InChI=1S/C14H25NO4.H2/c1-9(2)7-10(11(16)14(6)8-18-14)15-12(17)19-13(3,4)5;/h9-10H,7-8H2,1-6H3,(H,15,17);1H/t10-,14-;/m0./s1. The molecule has 1 aliphatic rings. The third-order valence-electron chi connectivity index (χ3n) is 2.81. The first-order valence-electron chi connectivity index (χ1n) is 6.71. The van der Waals surface area contributed by atoms with Crippen molar-refractivity contribution in [3.63, 3.8) is 0 Å². The second-order valence-electron chi connectivity index (χ2n) is 6.71. The van der Waals surface area contributed by atoms with E-state index in [1.165, 1.54) is 0 Å². The first-order chi connectivity index (χ1) is 8.53. The van der Waals surface area contributed by atoms with E-state index in [-0.39, 0.29) is 7.21 Å². The summed E-state index contributed by atoms with van der Waals surface area (Å²) in [5, 5.41) is 2.66. The lowest BCUT2D eigenvalue weighted by atomic mass is 9.93. The molecule has 1 heterocycles. The summed E-state index contributed by atoms with van der Waals surface area (Å²) in [6.45, 7) is 11.6. The highest BCUT2D eigenvalue weighted by atomic mass is 16.6. The fourth-order valence-electron chi connectivity index (χ4n) is 1.77. The molecule has 0 spiro atoms. The summed E-state index contributed by atoms with van der Waals surface area (Å²) < 4.78 is 10.4. The Kier molecular flexibility index (Phi) is 4.61. The number of carbonyl (C=O) groups excluding carboxylic acids is 2. The zero-order valence-electron chi connectivity index (χ0n) is 12.7. The Morgan fingerprint density at radius 2 is 1.95 bits per heavy atom. The van der Waals surface area contributed by atoms with Crippen molar-refractivity contribution in [3.05, 3.63) is 0 Å². The maximum atomic E-state index is 12.3. The van der Waals surface area contributed by atoms with E-state index >= 15 is 0 Å². The van der Waals surface area contributed by atoms with Crippen LogP contribution in [-0.4, -0.2) is 35.7 Å². The zero-order chi connectivity index (χ0) is 14.8. The van der Waals surface area contributed by atoms with Crippen molar-refractivity contribution >= 4 is 11.9 Å². The van der Waals surface area contributed by atoms with Crippen molar-refractivity contribution in [3.8, 4) is 0 Å². The van der Waals surface area contributed by atoms with Crippen LogP contribution in [0.2, 0.25) is 0 Å². The zero-order valence-corrected chi connectivity index (χ0v) is 12.7. The van der Waals surface area contributed by atoms with E-state index in [0.29, 0.717) is 18.9 Å². The molecule has 0 saturated carbocycles. The predicted octanol–water partition coefficient (Wildman–Crippen LogP) is 2.53. The Hall–Kier alpha value is -1.10. The lowest BCUT2D eigenvalue weighted by Gasteiger charge is -2.24. The number of Topliss-reactive ketones (excluding diaryl/α,β-unsaturated/α-hetero) is 1. The van der Waals surface area contributed by atoms with E-state index in [9.17, 15) is 9.59 Å². The lowest BCUT2D eigenvalue weighted by Crippen LogP contribution is -2.48. The normalized spacial score (nSPS) is 23.9. The Morgan fingerprint density at radius 3 is 2.32 bits per heavy atom. The van der Waals surface area contributed by atoms with Crippen molar-refractivity contribution in [2.75, 3.05) is 6.61 Å². The molecule has 0 aromatic rings. The first kappa shape index (κ1) is 16.0. The second kappa shape index (κ2) is 5.49. The molecule has 0 aromatic carbocycles. The number of amides is 1. The number of hydrogen-bond acceptors (Lipinski definition) is 4. The number of ether oxygens (including phenoxy) is 2. The average Bonchev–Trinajstić information content (AvgIpc) is 2.92. The molecule has 0 unspecified atom stereocenters. The van der Waals surface area contributed by atoms with Crippen LogP contribution >= 0.6 is 0 Å². The Labute approximate surface area is 116 Å². The summed E-state index contributed by atoms with van der Waals surface area (Å²) in [7, 11) is 0. The molecule has 0 aromatic heterocycles. The molecule has 1 N–H and O–H groups in total. The van der Waals surface area contributed by atoms with Crippen LogP contribution in [0.1, 0.15) is 49.4 Å². The Morgan fingerprint density at radius 1 is 1.42 bits per heavy atom. The summed E-state index contributed by atoms with van der Waals surface area (Å²) in [4.78, 5) is 24.0. The molecule has 5 heteroatoms. The predicted molar refractivity (Wildman–Crippen MR) is 74.1 cm³/mol. The van der Waals surface area contributed by atoms with Gasteiger partial charge in [-0.25, -0.2) is 4.79 Å². The van der Waals surface area contributed by atoms with Gasteiger partial charge in [0.15, 0.2) is 5.78 Å². The minimum absolute atomic E-state index is 0. The van der Waals surface area contributed by atoms with E-state index in [0.717, 1.165) is 0 Å². The Balaban J connectivity index is 0.00000361. The third-order valence-corrected chi connectivity index (χ3v) is 2.81. The van der Waals surface area contributed by atoms with Gasteiger partial charge in [-0.1, -0.05) is 13.8 Å². The van der Waals surface area contributed by atoms with Crippen LogP contribution in [0.4, 0.5) is 4.79 Å². The van der Waals surface area contributed by atoms with Gasteiger partial charge in [-0.05, 0) is 40.0 Å². The number of ketones is 1. The number of carbonyl (C=O) groups is 2. The van der Waals surface area contributed by atoms with Gasteiger partial charge >= 0.3 is 6.09 Å². The van der Waals surface area contributed by atoms with E-state index in [1.807, 2.05) is 13.8 Å². The fraction of sp³-hybridized carbons (Fsp3) is 0.857. The molecule has 1 amide bonds. The highest BCUT2D eigenvalue weighted by molar-refractivity contribution is 5.95. The smallest absolute Gasteiger partial charge is 0.408 e. The van der Waals surface area contributed by atoms with Gasteiger partial charge in [-0.2, -0.15) is 0 Å². The van der Waals surface area contributed by atoms with Gasteiger partial charge in [0.2, 0.25) is 0 Å². The van der Waals surface area contributed by atoms with Crippen LogP contribution < -0.4 is 5.32 Å². The van der Waals surface area contributed by atoms with Gasteiger partial charge in [0.05, 0.1) is 12.6 Å². The van der Waals surface area contributed by atoms with Crippen molar-refractivity contribution in [1.29, 1.82) is 0 Å². The maximum Gasteiger partial charge on any atom is 0.408 e. The quantitative estimate of drug-likeness (QED) is 0.782. The van der Waals surface area contributed by atoms with Crippen LogP contribution in [0.3, 0.4) is 0 Å². The number of epoxide rings is 1. The number of nitrogens with one attached hydrogen (secondary N) is 1. The first-order valence-corrected chi connectivity index (χ1v) is 6.71. The summed E-state index contributed by atoms with van der Waals surface area (Å²) in [5.41, 5.74) is -1.30. The van der Waals surface area contributed by atoms with Crippen molar-refractivity contribution in [2.24, 2.45) is 5.92 Å². The molecule has 2 atom stereocenters. The van der Waals surface area contributed by atoms with Gasteiger partial charge in [0.1, 0.15) is 11.2 Å². The molecular formula is C14H27NO4. The molecular weight excluding hydrogens is 246 g/mol. The van der Waals surface area contributed by atoms with Crippen LogP contribution in [-0.2, 0) is 14.3 Å². The third kappa shape index (κ3) is 5.19. The van der Waals surface area contributed by atoms with Crippen molar-refractivity contribution in [2.45, 2.75) is 65.2 Å². The van der Waals surface area contributed by atoms with E-state index in [1.54, 1.807) is 27.7 Å². The molecule has 0 aliphatic carbocycles. The van der Waals surface area contributed by atoms with Crippen molar-refractivity contribution in [1.82, 2.24) is 5.32 Å². The number of hydrogen-bond donors (Lipinski definition) is 1. The van der Waals surface area contributed by atoms with Gasteiger partial charge in [0.25, 0.3) is 0 Å². The number of rotatable bonds is 5. The molecule has 19 heavy (non-hydrogen) atoms. The Bertz CT molecular complexity index is 359. The molecule has 112 valence electrons. The lowest BCUT2D eigenvalue weighted by molar-refractivity contribution is -0.126. The highest BCUT2D eigenvalue weighted by Gasteiger charge is 2.50. The largest absolute Gasteiger partial charge is 0.444 e. The molecule has 1 fully saturated rings. The van der Waals surface area contributed by atoms with E-state index in [2.05, 4.69) is 5.32 Å². The molecule has 5 nitrogen and oxygen atoms in total. The van der Waals surface area contributed by atoms with Gasteiger partial charge < -0.3 is 14.8 Å². The average molecular weight is 273 g/mol. The molecule has 1 saturated heterocycles. The molecule has 0 radical (unpaired) electrons. The summed E-state index contributed by atoms with van der Waals surface area (Å²) in [6.07, 6.45) is 0.0209. The monoisotopic (exact) mass is 273 g/mol. The molecule has 1 aliphatic heterocycles. The fourth-order valence-corrected chi connectivity index (χ4v) is 1.77. The summed E-state index contributed by atoms with van der Waals surface area (Å²) >= 11 is 0. The highest BCUT2D eigenvalue weighted by Crippen LogP contribution is 2.29. The van der Waals surface area contributed by atoms with Crippen LogP contribution in [0.5, 0.6) is 0 Å². The summed E-state index contributed by atoms with van der Waals surface area (Å²) in [5.74, 6) is 0.221. The minimum Gasteiger partial charge on any atom is -0.444 e. The molecule has 0 bridgehead atoms. The van der Waals surface area contributed by atoms with E-state index < -0.39 is 23.3 Å². The maximum absolute atomic E-state index is 12.3. The van der Waals surface area contributed by atoms with Crippen LogP contribution in [0.15, 0.2) is 0 Å². The topological polar surface area (TPSA) is 67.9 Å². The van der Waals surface area contributed by atoms with E-state index in [4.69, 9.17) is 9.47 Å². The van der Waals surface area contributed by atoms with Gasteiger partial charge in [-0.3, -0.25) is 4.79 Å². The molecule has 1 rings (SSSR count). The minimum atomic E-state index is -0.728.